The van der Waals surface area contributed by atoms with Crippen molar-refractivity contribution in [3.63, 3.8) is 0 Å². The Kier molecular flexibility index (Phi) is 15.7. The van der Waals surface area contributed by atoms with Gasteiger partial charge in [0.15, 0.2) is 0 Å². The maximum atomic E-state index is 14.4. The number of rotatable bonds is 14. The van der Waals surface area contributed by atoms with E-state index in [4.69, 9.17) is 0 Å². The summed E-state index contributed by atoms with van der Waals surface area (Å²) in [4.78, 5) is 24.7. The Morgan fingerprint density at radius 2 is 1.02 bits per heavy atom. The van der Waals surface area contributed by atoms with Gasteiger partial charge < -0.3 is 10.6 Å². The van der Waals surface area contributed by atoms with E-state index in [-0.39, 0.29) is 68.6 Å². The van der Waals surface area contributed by atoms with Crippen LogP contribution >= 0.6 is 0 Å². The van der Waals surface area contributed by atoms with Gasteiger partial charge in [0.1, 0.15) is 22.6 Å². The molecule has 0 aliphatic carbocycles. The number of hydrogen-bond donors (Lipinski definition) is 2. The number of anilines is 2. The van der Waals surface area contributed by atoms with E-state index in [2.05, 4.69) is 10.6 Å². The van der Waals surface area contributed by atoms with Gasteiger partial charge in [-0.05, 0) is 106 Å². The second-order valence-corrected chi connectivity index (χ2v) is 18.5. The zero-order valence-corrected chi connectivity index (χ0v) is 36.9. The van der Waals surface area contributed by atoms with Gasteiger partial charge in [-0.25, -0.2) is 25.6 Å². The molecular formula is C48H44F2N6O6S2. The van der Waals surface area contributed by atoms with Gasteiger partial charge >= 0.3 is 0 Å². The summed E-state index contributed by atoms with van der Waals surface area (Å²) in [5, 5.41) is 23.8. The Morgan fingerprint density at radius 3 is 1.47 bits per heavy atom. The summed E-state index contributed by atoms with van der Waals surface area (Å²) in [5.74, 6) is -2.80. The molecule has 64 heavy (non-hydrogen) atoms. The molecule has 0 heterocycles. The van der Waals surface area contributed by atoms with Crippen LogP contribution in [0.1, 0.15) is 70.7 Å². The van der Waals surface area contributed by atoms with E-state index in [1.807, 2.05) is 18.2 Å². The first-order valence-corrected chi connectivity index (χ1v) is 22.7. The largest absolute Gasteiger partial charge is 0.350 e. The molecule has 0 atom stereocenters. The molecule has 0 saturated carbocycles. The van der Waals surface area contributed by atoms with Gasteiger partial charge in [-0.15, -0.1) is 0 Å². The third-order valence-electron chi connectivity index (χ3n) is 9.27. The summed E-state index contributed by atoms with van der Waals surface area (Å²) in [6.45, 7) is 6.86. The maximum absolute atomic E-state index is 14.4. The average Bonchev–Trinajstić information content (AvgIpc) is 3.28. The number of amides is 2. The van der Waals surface area contributed by atoms with Crippen molar-refractivity contribution in [1.82, 2.24) is 10.6 Å². The minimum atomic E-state index is -4.22. The van der Waals surface area contributed by atoms with Crippen LogP contribution in [0.15, 0.2) is 155 Å². The summed E-state index contributed by atoms with van der Waals surface area (Å²) in [6, 6.07) is 39.9. The van der Waals surface area contributed by atoms with Gasteiger partial charge in [0.2, 0.25) is 0 Å². The Labute approximate surface area is 372 Å². The number of hydrogen-bond acceptors (Lipinski definition) is 8. The molecule has 0 aliphatic rings. The molecule has 328 valence electrons. The second-order valence-electron chi connectivity index (χ2n) is 14.8. The molecule has 0 fully saturated rings. The second kappa shape index (κ2) is 21.1. The van der Waals surface area contributed by atoms with Crippen LogP contribution in [0.3, 0.4) is 0 Å². The molecule has 12 nitrogen and oxygen atoms in total. The molecule has 0 aromatic heterocycles. The van der Waals surface area contributed by atoms with Gasteiger partial charge in [-0.3, -0.25) is 18.2 Å². The lowest BCUT2D eigenvalue weighted by atomic mass is 10.1. The normalized spacial score (nSPS) is 11.1. The van der Waals surface area contributed by atoms with Gasteiger partial charge in [0.05, 0.1) is 57.7 Å². The number of nitriles is 2. The molecule has 2 N–H and O–H groups in total. The molecule has 16 heteroatoms. The van der Waals surface area contributed by atoms with Crippen molar-refractivity contribution in [1.29, 1.82) is 10.5 Å². The minimum absolute atomic E-state index is 0.00884. The van der Waals surface area contributed by atoms with Crippen molar-refractivity contribution in [3.8, 4) is 12.1 Å². The van der Waals surface area contributed by atoms with Gasteiger partial charge in [-0.2, -0.15) is 10.5 Å². The number of carbonyl (C=O) groups is 2. The molecule has 6 aromatic carbocycles. The van der Waals surface area contributed by atoms with E-state index in [0.29, 0.717) is 11.1 Å². The molecule has 6 rings (SSSR count). The van der Waals surface area contributed by atoms with Crippen LogP contribution in [0.25, 0.3) is 0 Å². The van der Waals surface area contributed by atoms with Crippen LogP contribution in [0.5, 0.6) is 0 Å². The van der Waals surface area contributed by atoms with E-state index >= 15 is 0 Å². The fourth-order valence-electron chi connectivity index (χ4n) is 6.25. The van der Waals surface area contributed by atoms with Crippen LogP contribution in [-0.2, 0) is 33.1 Å². The van der Waals surface area contributed by atoms with Crippen molar-refractivity contribution >= 4 is 43.2 Å². The number of nitrogens with one attached hydrogen (secondary N) is 2. The minimum Gasteiger partial charge on any atom is -0.350 e. The molecule has 0 spiro atoms. The first-order chi connectivity index (χ1) is 30.5. The smallest absolute Gasteiger partial charge is 0.265 e. The van der Waals surface area contributed by atoms with E-state index < -0.39 is 43.5 Å². The first-order valence-electron chi connectivity index (χ1n) is 19.8. The third-order valence-corrected chi connectivity index (χ3v) is 12.9. The fourth-order valence-corrected chi connectivity index (χ4v) is 9.33. The highest BCUT2D eigenvalue weighted by Gasteiger charge is 2.30. The lowest BCUT2D eigenvalue weighted by Crippen LogP contribution is -2.33. The highest BCUT2D eigenvalue weighted by atomic mass is 32.2. The summed E-state index contributed by atoms with van der Waals surface area (Å²) in [7, 11) is -8.35. The number of benzene rings is 6. The van der Waals surface area contributed by atoms with Gasteiger partial charge in [-0.1, -0.05) is 78.9 Å². The van der Waals surface area contributed by atoms with E-state index in [1.54, 1.807) is 88.4 Å². The van der Waals surface area contributed by atoms with E-state index in [1.165, 1.54) is 66.7 Å². The van der Waals surface area contributed by atoms with Crippen molar-refractivity contribution < 1.29 is 35.2 Å². The van der Waals surface area contributed by atoms with Crippen molar-refractivity contribution in [2.24, 2.45) is 0 Å². The van der Waals surface area contributed by atoms with Crippen LogP contribution in [0, 0.1) is 34.3 Å². The molecule has 0 aliphatic heterocycles. The monoisotopic (exact) mass is 902 g/mol. The van der Waals surface area contributed by atoms with Crippen LogP contribution in [0.2, 0.25) is 0 Å². The molecular weight excluding hydrogens is 859 g/mol. The number of sulfonamides is 2. The molecule has 6 aromatic rings. The Morgan fingerprint density at radius 1 is 0.562 bits per heavy atom. The highest BCUT2D eigenvalue weighted by molar-refractivity contribution is 7.93. The first kappa shape index (κ1) is 47.6. The predicted octanol–water partition coefficient (Wildman–Crippen LogP) is 8.46. The zero-order chi connectivity index (χ0) is 46.6. The highest BCUT2D eigenvalue weighted by Crippen LogP contribution is 2.31. The molecule has 0 unspecified atom stereocenters. The topological polar surface area (TPSA) is 181 Å². The SMILES string of the molecule is CC(C)NC(=O)c1cc(N(Cc2ccccc2)S(=O)(=O)c2cccc(C#N)c2)ccc1F.CC(C)NC(=O)c1cc(N(Cc2ccccc2)S(=O)(=O)c2ccccc2C#N)ccc1F. The van der Waals surface area contributed by atoms with E-state index in [9.17, 15) is 45.7 Å². The summed E-state index contributed by atoms with van der Waals surface area (Å²) in [5.41, 5.74) is 1.29. The van der Waals surface area contributed by atoms with Crippen molar-refractivity contribution in [2.45, 2.75) is 62.7 Å². The Balaban J connectivity index is 0.000000241. The Bertz CT molecular complexity index is 2940. The number of halogens is 2. The lowest BCUT2D eigenvalue weighted by molar-refractivity contribution is 0.0930. The number of carbonyl (C=O) groups excluding carboxylic acids is 2. The quantitative estimate of drug-likeness (QED) is 0.109. The average molecular weight is 903 g/mol. The third kappa shape index (κ3) is 11.7. The maximum Gasteiger partial charge on any atom is 0.265 e. The van der Waals surface area contributed by atoms with Crippen LogP contribution < -0.4 is 19.2 Å². The fraction of sp³-hybridized carbons (Fsp3) is 0.167. The summed E-state index contributed by atoms with van der Waals surface area (Å²) in [6.07, 6.45) is 0. The Hall–Kier alpha value is -7.40. The van der Waals surface area contributed by atoms with Crippen molar-refractivity contribution in [2.75, 3.05) is 8.61 Å². The van der Waals surface area contributed by atoms with Gasteiger partial charge in [0, 0.05) is 12.1 Å². The molecule has 0 radical (unpaired) electrons. The standard InChI is InChI=1S/2C24H22FN3O3S/c1-17(2)27-24(29)21-14-20(12-13-22(21)25)28(16-18-8-4-3-5-9-18)32(30,31)23-11-7-6-10-19(23)15-26;1-17(2)27-24(29)22-14-20(11-12-23(22)25)28(16-18-7-4-3-5-8-18)32(30,31)21-10-6-9-19(13-21)15-26/h2*3-14,17H,16H2,1-2H3,(H,27,29). The van der Waals surface area contributed by atoms with Gasteiger partial charge in [0.25, 0.3) is 31.9 Å². The molecule has 2 amide bonds. The van der Waals surface area contributed by atoms with Crippen LogP contribution in [-0.4, -0.2) is 40.7 Å². The molecule has 0 bridgehead atoms. The summed E-state index contributed by atoms with van der Waals surface area (Å²) >= 11 is 0. The molecule has 0 saturated heterocycles. The summed E-state index contributed by atoms with van der Waals surface area (Å²) < 4.78 is 85.4. The van der Waals surface area contributed by atoms with Crippen LogP contribution in [0.4, 0.5) is 20.2 Å². The predicted molar refractivity (Wildman–Crippen MR) is 240 cm³/mol. The lowest BCUT2D eigenvalue weighted by Gasteiger charge is -2.26. The van der Waals surface area contributed by atoms with E-state index in [0.717, 1.165) is 20.7 Å². The van der Waals surface area contributed by atoms with Crippen molar-refractivity contribution in [3.05, 3.63) is 191 Å². The number of nitrogens with zero attached hydrogens (tertiary/aromatic N) is 4. The zero-order valence-electron chi connectivity index (χ0n) is 35.2.